The standard InChI is InChI=1S/C11H12FN3O2/c12-7-1-2-8(13)9(4-7)15-5-6(11(14)17)3-10(15)16/h1-2,4,6H,3,5,13H2,(H2,14,17). The van der Waals surface area contributed by atoms with Crippen LogP contribution in [0.4, 0.5) is 15.8 Å². The lowest BCUT2D eigenvalue weighted by molar-refractivity contribution is -0.123. The molecule has 17 heavy (non-hydrogen) atoms. The largest absolute Gasteiger partial charge is 0.397 e. The van der Waals surface area contributed by atoms with Gasteiger partial charge in [-0.1, -0.05) is 0 Å². The first kappa shape index (κ1) is 11.4. The molecule has 2 rings (SSSR count). The minimum Gasteiger partial charge on any atom is -0.397 e. The predicted molar refractivity (Wildman–Crippen MR) is 60.5 cm³/mol. The van der Waals surface area contributed by atoms with E-state index in [0.29, 0.717) is 11.4 Å². The van der Waals surface area contributed by atoms with Crippen molar-refractivity contribution in [3.63, 3.8) is 0 Å². The normalized spacial score (nSPS) is 19.7. The molecule has 1 fully saturated rings. The minimum atomic E-state index is -0.537. The Hall–Kier alpha value is -2.11. The van der Waals surface area contributed by atoms with E-state index >= 15 is 0 Å². The number of carbonyl (C=O) groups is 2. The highest BCUT2D eigenvalue weighted by Gasteiger charge is 2.34. The average molecular weight is 237 g/mol. The van der Waals surface area contributed by atoms with Gasteiger partial charge in [-0.15, -0.1) is 0 Å². The van der Waals surface area contributed by atoms with Crippen LogP contribution in [0.25, 0.3) is 0 Å². The van der Waals surface area contributed by atoms with Crippen LogP contribution in [0.5, 0.6) is 0 Å². The number of nitrogen functional groups attached to an aromatic ring is 1. The maximum atomic E-state index is 13.1. The van der Waals surface area contributed by atoms with Crippen molar-refractivity contribution >= 4 is 23.2 Å². The van der Waals surface area contributed by atoms with Crippen LogP contribution >= 0.6 is 0 Å². The maximum Gasteiger partial charge on any atom is 0.227 e. The third-order valence-electron chi connectivity index (χ3n) is 2.81. The Labute approximate surface area is 97.2 Å². The van der Waals surface area contributed by atoms with Crippen LogP contribution in [-0.4, -0.2) is 18.4 Å². The molecule has 1 heterocycles. The molecule has 5 nitrogen and oxygen atoms in total. The highest BCUT2D eigenvalue weighted by atomic mass is 19.1. The second-order valence-corrected chi connectivity index (χ2v) is 4.01. The highest BCUT2D eigenvalue weighted by molar-refractivity contribution is 6.01. The second-order valence-electron chi connectivity index (χ2n) is 4.01. The summed E-state index contributed by atoms with van der Waals surface area (Å²) < 4.78 is 13.1. The molecular formula is C11H12FN3O2. The van der Waals surface area contributed by atoms with Gasteiger partial charge in [0.2, 0.25) is 11.8 Å². The molecule has 1 aliphatic heterocycles. The summed E-state index contributed by atoms with van der Waals surface area (Å²) in [6, 6.07) is 3.77. The number of rotatable bonds is 2. The fourth-order valence-electron chi connectivity index (χ4n) is 1.88. The molecule has 0 aliphatic carbocycles. The van der Waals surface area contributed by atoms with E-state index in [9.17, 15) is 14.0 Å². The molecule has 6 heteroatoms. The Morgan fingerprint density at radius 1 is 1.47 bits per heavy atom. The van der Waals surface area contributed by atoms with Crippen molar-refractivity contribution in [2.45, 2.75) is 6.42 Å². The van der Waals surface area contributed by atoms with E-state index in [1.807, 2.05) is 0 Å². The lowest BCUT2D eigenvalue weighted by Crippen LogP contribution is -2.29. The van der Waals surface area contributed by atoms with Gasteiger partial charge in [-0.05, 0) is 18.2 Å². The molecule has 4 N–H and O–H groups in total. The van der Waals surface area contributed by atoms with E-state index in [-0.39, 0.29) is 18.9 Å². The number of carbonyl (C=O) groups excluding carboxylic acids is 2. The number of primary amides is 1. The second kappa shape index (κ2) is 4.04. The van der Waals surface area contributed by atoms with Crippen molar-refractivity contribution in [2.24, 2.45) is 11.7 Å². The molecule has 1 aromatic rings. The van der Waals surface area contributed by atoms with Crippen LogP contribution < -0.4 is 16.4 Å². The summed E-state index contributed by atoms with van der Waals surface area (Å²) in [5.41, 5.74) is 11.4. The topological polar surface area (TPSA) is 89.4 Å². The molecule has 1 aromatic carbocycles. The van der Waals surface area contributed by atoms with E-state index in [0.717, 1.165) is 0 Å². The number of nitrogens with two attached hydrogens (primary N) is 2. The van der Waals surface area contributed by atoms with E-state index in [2.05, 4.69) is 0 Å². The molecule has 1 unspecified atom stereocenters. The molecule has 0 aromatic heterocycles. The number of amides is 2. The van der Waals surface area contributed by atoms with Crippen molar-refractivity contribution in [3.8, 4) is 0 Å². The van der Waals surface area contributed by atoms with Gasteiger partial charge in [-0.2, -0.15) is 0 Å². The van der Waals surface area contributed by atoms with Crippen molar-refractivity contribution < 1.29 is 14.0 Å². The quantitative estimate of drug-likeness (QED) is 0.722. The molecule has 90 valence electrons. The molecule has 0 bridgehead atoms. The number of anilines is 2. The van der Waals surface area contributed by atoms with Crippen LogP contribution in [0.3, 0.4) is 0 Å². The van der Waals surface area contributed by atoms with Gasteiger partial charge in [0.1, 0.15) is 5.82 Å². The predicted octanol–water partition coefficient (Wildman–Crippen LogP) is 0.246. The minimum absolute atomic E-state index is 0.0469. The van der Waals surface area contributed by atoms with E-state index in [1.165, 1.54) is 23.1 Å². The number of hydrogen-bond acceptors (Lipinski definition) is 3. The smallest absolute Gasteiger partial charge is 0.227 e. The van der Waals surface area contributed by atoms with Crippen molar-refractivity contribution in [1.82, 2.24) is 0 Å². The first-order valence-electron chi connectivity index (χ1n) is 5.13. The summed E-state index contributed by atoms with van der Waals surface area (Å²) in [4.78, 5) is 24.0. The maximum absolute atomic E-state index is 13.1. The van der Waals surface area contributed by atoms with E-state index < -0.39 is 17.6 Å². The first-order chi connectivity index (χ1) is 7.99. The van der Waals surface area contributed by atoms with Crippen LogP contribution in [0.15, 0.2) is 18.2 Å². The Morgan fingerprint density at radius 2 is 2.18 bits per heavy atom. The fourth-order valence-corrected chi connectivity index (χ4v) is 1.88. The van der Waals surface area contributed by atoms with Crippen LogP contribution in [0, 0.1) is 11.7 Å². The molecule has 0 saturated carbocycles. The Kier molecular flexibility index (Phi) is 2.71. The zero-order valence-corrected chi connectivity index (χ0v) is 9.02. The van der Waals surface area contributed by atoms with E-state index in [1.54, 1.807) is 0 Å². The first-order valence-corrected chi connectivity index (χ1v) is 5.13. The summed E-state index contributed by atoms with van der Waals surface area (Å²) in [5, 5.41) is 0. The molecule has 1 saturated heterocycles. The van der Waals surface area contributed by atoms with Gasteiger partial charge < -0.3 is 16.4 Å². The number of benzene rings is 1. The number of halogens is 1. The lowest BCUT2D eigenvalue weighted by Gasteiger charge is -2.18. The Bertz CT molecular complexity index is 490. The van der Waals surface area contributed by atoms with Gasteiger partial charge in [0.15, 0.2) is 0 Å². The molecule has 0 radical (unpaired) electrons. The summed E-state index contributed by atoms with van der Waals surface area (Å²) in [6.07, 6.45) is 0.0469. The number of nitrogens with zero attached hydrogens (tertiary/aromatic N) is 1. The van der Waals surface area contributed by atoms with Gasteiger partial charge in [0.05, 0.1) is 17.3 Å². The summed E-state index contributed by atoms with van der Waals surface area (Å²) in [6.45, 7) is 0.155. The van der Waals surface area contributed by atoms with Gasteiger partial charge in [-0.3, -0.25) is 9.59 Å². The third-order valence-corrected chi connectivity index (χ3v) is 2.81. The zero-order chi connectivity index (χ0) is 12.6. The number of hydrogen-bond donors (Lipinski definition) is 2. The Morgan fingerprint density at radius 3 is 2.76 bits per heavy atom. The lowest BCUT2D eigenvalue weighted by atomic mass is 10.1. The average Bonchev–Trinajstić information content (AvgIpc) is 2.64. The SMILES string of the molecule is NC(=O)C1CC(=O)N(c2cc(F)ccc2N)C1. The molecule has 1 atom stereocenters. The highest BCUT2D eigenvalue weighted by Crippen LogP contribution is 2.30. The van der Waals surface area contributed by atoms with Gasteiger partial charge in [0, 0.05) is 13.0 Å². The summed E-state index contributed by atoms with van der Waals surface area (Å²) >= 11 is 0. The van der Waals surface area contributed by atoms with Crippen LogP contribution in [0.1, 0.15) is 6.42 Å². The van der Waals surface area contributed by atoms with Crippen LogP contribution in [-0.2, 0) is 9.59 Å². The monoisotopic (exact) mass is 237 g/mol. The molecule has 2 amide bonds. The fraction of sp³-hybridized carbons (Fsp3) is 0.273. The zero-order valence-electron chi connectivity index (χ0n) is 9.02. The Balaban J connectivity index is 2.32. The summed E-state index contributed by atoms with van der Waals surface area (Å²) in [5.74, 6) is -1.82. The third kappa shape index (κ3) is 2.06. The van der Waals surface area contributed by atoms with Gasteiger partial charge >= 0.3 is 0 Å². The van der Waals surface area contributed by atoms with E-state index in [4.69, 9.17) is 11.5 Å². The summed E-state index contributed by atoms with van der Waals surface area (Å²) in [7, 11) is 0. The van der Waals surface area contributed by atoms with Gasteiger partial charge in [0.25, 0.3) is 0 Å². The van der Waals surface area contributed by atoms with Gasteiger partial charge in [-0.25, -0.2) is 4.39 Å². The molecular weight excluding hydrogens is 225 g/mol. The molecule has 0 spiro atoms. The van der Waals surface area contributed by atoms with Crippen molar-refractivity contribution in [2.75, 3.05) is 17.2 Å². The van der Waals surface area contributed by atoms with Crippen LogP contribution in [0.2, 0.25) is 0 Å². The van der Waals surface area contributed by atoms with Crippen molar-refractivity contribution in [3.05, 3.63) is 24.0 Å². The molecule has 1 aliphatic rings. The van der Waals surface area contributed by atoms with Crippen molar-refractivity contribution in [1.29, 1.82) is 0 Å².